The van der Waals surface area contributed by atoms with Crippen molar-refractivity contribution in [2.45, 2.75) is 18.9 Å². The summed E-state index contributed by atoms with van der Waals surface area (Å²) in [4.78, 5) is 45.5. The summed E-state index contributed by atoms with van der Waals surface area (Å²) in [6, 6.07) is 14.8. The second kappa shape index (κ2) is 6.66. The smallest absolute Gasteiger partial charge is 0.319 e. The number of anilines is 1. The molecule has 0 aliphatic carbocycles. The van der Waals surface area contributed by atoms with Crippen molar-refractivity contribution in [3.8, 4) is 0 Å². The molecule has 3 heterocycles. The Morgan fingerprint density at radius 1 is 1.13 bits per heavy atom. The minimum Gasteiger partial charge on any atom is -0.319 e. The molecule has 30 heavy (non-hydrogen) atoms. The van der Waals surface area contributed by atoms with Crippen molar-refractivity contribution in [3.63, 3.8) is 0 Å². The highest BCUT2D eigenvalue weighted by atomic mass is 16.2. The van der Waals surface area contributed by atoms with Crippen molar-refractivity contribution in [2.24, 2.45) is 0 Å². The van der Waals surface area contributed by atoms with Gasteiger partial charge < -0.3 is 10.2 Å². The number of amides is 4. The second-order valence-electron chi connectivity index (χ2n) is 7.81. The van der Waals surface area contributed by atoms with Crippen LogP contribution in [0.15, 0.2) is 60.9 Å². The van der Waals surface area contributed by atoms with Crippen LogP contribution in [-0.4, -0.2) is 40.8 Å². The van der Waals surface area contributed by atoms with Gasteiger partial charge in [0, 0.05) is 12.7 Å². The number of hydrogen-bond donors (Lipinski definition) is 1. The second-order valence-corrected chi connectivity index (χ2v) is 7.81. The molecule has 1 saturated heterocycles. The molecule has 1 N–H and O–H groups in total. The van der Waals surface area contributed by atoms with Crippen LogP contribution in [0.2, 0.25) is 0 Å². The summed E-state index contributed by atoms with van der Waals surface area (Å²) in [5, 5.41) is 4.81. The number of benzene rings is 2. The lowest BCUT2D eigenvalue weighted by atomic mass is 9.90. The first kappa shape index (κ1) is 18.3. The van der Waals surface area contributed by atoms with Crippen molar-refractivity contribution >= 4 is 34.3 Å². The number of fused-ring (bicyclic) bond motifs is 2. The van der Waals surface area contributed by atoms with E-state index in [9.17, 15) is 14.4 Å². The minimum absolute atomic E-state index is 0.298. The quantitative estimate of drug-likeness (QED) is 0.685. The summed E-state index contributed by atoms with van der Waals surface area (Å²) in [6.07, 6.45) is 4.07. The average molecular weight is 400 g/mol. The molecular formula is C23H20N4O3. The molecule has 5 rings (SSSR count). The number of hydrogen-bond acceptors (Lipinski definition) is 4. The van der Waals surface area contributed by atoms with E-state index in [1.54, 1.807) is 24.2 Å². The highest BCUT2D eigenvalue weighted by molar-refractivity contribution is 6.11. The van der Waals surface area contributed by atoms with Crippen LogP contribution in [0, 0.1) is 0 Å². The summed E-state index contributed by atoms with van der Waals surface area (Å²) in [6.45, 7) is 1.89. The van der Waals surface area contributed by atoms with E-state index in [0.29, 0.717) is 12.1 Å². The van der Waals surface area contributed by atoms with Crippen molar-refractivity contribution in [1.29, 1.82) is 0 Å². The lowest BCUT2D eigenvalue weighted by Crippen LogP contribution is -2.44. The maximum absolute atomic E-state index is 13.2. The average Bonchev–Trinajstić information content (AvgIpc) is 3.28. The number of rotatable bonds is 3. The normalized spacial score (nSPS) is 20.6. The number of pyridine rings is 1. The first-order valence-corrected chi connectivity index (χ1v) is 9.84. The van der Waals surface area contributed by atoms with Crippen LogP contribution < -0.4 is 10.2 Å². The van der Waals surface area contributed by atoms with E-state index in [1.807, 2.05) is 48.5 Å². The fraction of sp³-hybridized carbons (Fsp3) is 0.217. The molecule has 3 aromatic rings. The molecule has 1 unspecified atom stereocenters. The van der Waals surface area contributed by atoms with Crippen molar-refractivity contribution in [1.82, 2.24) is 15.2 Å². The van der Waals surface area contributed by atoms with Gasteiger partial charge in [0.25, 0.3) is 5.91 Å². The van der Waals surface area contributed by atoms with Crippen LogP contribution >= 0.6 is 0 Å². The number of urea groups is 1. The molecule has 150 valence electrons. The van der Waals surface area contributed by atoms with E-state index < -0.39 is 17.5 Å². The molecule has 0 radical (unpaired) electrons. The van der Waals surface area contributed by atoms with E-state index in [2.05, 4.69) is 10.3 Å². The topological polar surface area (TPSA) is 82.6 Å². The maximum Gasteiger partial charge on any atom is 0.325 e. The van der Waals surface area contributed by atoms with Crippen molar-refractivity contribution in [3.05, 3.63) is 72.1 Å². The van der Waals surface area contributed by atoms with Gasteiger partial charge in [-0.1, -0.05) is 36.4 Å². The maximum atomic E-state index is 13.2. The van der Waals surface area contributed by atoms with Gasteiger partial charge in [-0.05, 0) is 47.4 Å². The third kappa shape index (κ3) is 2.74. The van der Waals surface area contributed by atoms with Gasteiger partial charge in [-0.15, -0.1) is 0 Å². The van der Waals surface area contributed by atoms with Gasteiger partial charge in [0.15, 0.2) is 0 Å². The zero-order valence-corrected chi connectivity index (χ0v) is 16.5. The van der Waals surface area contributed by atoms with Crippen LogP contribution in [0.5, 0.6) is 0 Å². The monoisotopic (exact) mass is 400 g/mol. The Morgan fingerprint density at radius 2 is 1.93 bits per heavy atom. The fourth-order valence-electron chi connectivity index (χ4n) is 4.24. The SMILES string of the molecule is CC1(c2ccc3ccccc3c2)NC(=O)N(CC(=O)N2CCc3ccncc32)C1=O. The zero-order valence-electron chi connectivity index (χ0n) is 16.5. The molecule has 2 aliphatic rings. The van der Waals surface area contributed by atoms with Crippen LogP contribution in [0.4, 0.5) is 10.5 Å². The summed E-state index contributed by atoms with van der Waals surface area (Å²) in [5.41, 5.74) is 1.25. The first-order chi connectivity index (χ1) is 14.5. The van der Waals surface area contributed by atoms with E-state index in [1.165, 1.54) is 0 Å². The minimum atomic E-state index is -1.22. The van der Waals surface area contributed by atoms with Gasteiger partial charge in [0.1, 0.15) is 12.1 Å². The Kier molecular flexibility index (Phi) is 4.06. The number of nitrogens with one attached hydrogen (secondary N) is 1. The van der Waals surface area contributed by atoms with E-state index in [-0.39, 0.29) is 12.5 Å². The summed E-state index contributed by atoms with van der Waals surface area (Å²) in [5.74, 6) is -0.727. The van der Waals surface area contributed by atoms with Gasteiger partial charge in [-0.3, -0.25) is 19.5 Å². The molecule has 2 aromatic carbocycles. The fourth-order valence-corrected chi connectivity index (χ4v) is 4.24. The van der Waals surface area contributed by atoms with Crippen molar-refractivity contribution < 1.29 is 14.4 Å². The molecule has 7 heteroatoms. The molecular weight excluding hydrogens is 380 g/mol. The van der Waals surface area contributed by atoms with Crippen molar-refractivity contribution in [2.75, 3.05) is 18.0 Å². The molecule has 1 aromatic heterocycles. The van der Waals surface area contributed by atoms with Gasteiger partial charge >= 0.3 is 6.03 Å². The lowest BCUT2D eigenvalue weighted by molar-refractivity contribution is -0.134. The number of carbonyl (C=O) groups excluding carboxylic acids is 3. The first-order valence-electron chi connectivity index (χ1n) is 9.84. The summed E-state index contributed by atoms with van der Waals surface area (Å²) in [7, 11) is 0. The predicted molar refractivity (Wildman–Crippen MR) is 112 cm³/mol. The number of nitrogens with zero attached hydrogens (tertiary/aromatic N) is 3. The third-order valence-electron chi connectivity index (χ3n) is 5.98. The standard InChI is InChI=1S/C23H20N4O3/c1-23(18-7-6-15-4-2-3-5-17(15)12-18)21(29)27(22(30)25-23)14-20(28)26-11-9-16-8-10-24-13-19(16)26/h2-8,10,12-13H,9,11,14H2,1H3,(H,25,30). The number of aromatic nitrogens is 1. The van der Waals surface area contributed by atoms with Gasteiger partial charge in [0.05, 0.1) is 11.9 Å². The van der Waals surface area contributed by atoms with E-state index in [4.69, 9.17) is 0 Å². The highest BCUT2D eigenvalue weighted by Crippen LogP contribution is 2.32. The van der Waals surface area contributed by atoms with Crippen LogP contribution in [0.3, 0.4) is 0 Å². The molecule has 2 aliphatic heterocycles. The van der Waals surface area contributed by atoms with Crippen LogP contribution in [0.25, 0.3) is 10.8 Å². The van der Waals surface area contributed by atoms with Gasteiger partial charge in [-0.25, -0.2) is 4.79 Å². The van der Waals surface area contributed by atoms with Gasteiger partial charge in [-0.2, -0.15) is 0 Å². The van der Waals surface area contributed by atoms with E-state index in [0.717, 1.165) is 33.3 Å². The Labute approximate surface area is 173 Å². The molecule has 1 atom stereocenters. The van der Waals surface area contributed by atoms with Crippen LogP contribution in [0.1, 0.15) is 18.1 Å². The molecule has 1 fully saturated rings. The molecule has 0 spiro atoms. The van der Waals surface area contributed by atoms with Crippen LogP contribution in [-0.2, 0) is 21.5 Å². The zero-order chi connectivity index (χ0) is 20.9. The summed E-state index contributed by atoms with van der Waals surface area (Å²) < 4.78 is 0. The van der Waals surface area contributed by atoms with Gasteiger partial charge in [0.2, 0.25) is 5.91 Å². The lowest BCUT2D eigenvalue weighted by Gasteiger charge is -2.23. The number of imide groups is 1. The Hall–Kier alpha value is -3.74. The Balaban J connectivity index is 1.40. The molecule has 0 bridgehead atoms. The largest absolute Gasteiger partial charge is 0.325 e. The molecule has 4 amide bonds. The number of carbonyl (C=O) groups is 3. The highest BCUT2D eigenvalue weighted by Gasteiger charge is 2.50. The molecule has 0 saturated carbocycles. The third-order valence-corrected chi connectivity index (χ3v) is 5.98. The Bertz CT molecular complexity index is 1210. The van der Waals surface area contributed by atoms with E-state index >= 15 is 0 Å². The molecule has 7 nitrogen and oxygen atoms in total. The Morgan fingerprint density at radius 3 is 2.77 bits per heavy atom. The summed E-state index contributed by atoms with van der Waals surface area (Å²) >= 11 is 0. The predicted octanol–water partition coefficient (Wildman–Crippen LogP) is 2.59.